The summed E-state index contributed by atoms with van der Waals surface area (Å²) in [5.41, 5.74) is 1.29. The zero-order chi connectivity index (χ0) is 21.1. The topological polar surface area (TPSA) is 69.6 Å². The molecule has 1 saturated heterocycles. The Kier molecular flexibility index (Phi) is 6.13. The predicted octanol–water partition coefficient (Wildman–Crippen LogP) is 3.04. The average molecular weight is 399 g/mol. The molecule has 6 nitrogen and oxygen atoms in total. The van der Waals surface area contributed by atoms with Crippen molar-refractivity contribution in [3.8, 4) is 5.75 Å². The van der Waals surface area contributed by atoms with Crippen molar-refractivity contribution in [2.75, 3.05) is 20.3 Å². The smallest absolute Gasteiger partial charge is 0.252 e. The summed E-state index contributed by atoms with van der Waals surface area (Å²) in [4.78, 5) is 24.1. The number of aryl methyl sites for hydroxylation is 1. The van der Waals surface area contributed by atoms with Gasteiger partial charge < -0.3 is 19.4 Å². The van der Waals surface area contributed by atoms with Crippen LogP contribution in [-0.2, 0) is 17.2 Å². The standard InChI is InChI=1S/C23H30N2O4/c1-22(2)16-23(12-14-29-22,18-6-8-19(28-4)9-7-18)11-13-24-21(27)17-5-10-20(26)25(3)15-17/h5-10,15H,11-14,16H2,1-4H3,(H,24,27)/t23-/m1/s1. The highest BCUT2D eigenvalue weighted by Gasteiger charge is 2.41. The van der Waals surface area contributed by atoms with Crippen LogP contribution >= 0.6 is 0 Å². The Morgan fingerprint density at radius 1 is 1.21 bits per heavy atom. The summed E-state index contributed by atoms with van der Waals surface area (Å²) in [6.45, 7) is 5.47. The Labute approximate surface area is 171 Å². The molecule has 3 rings (SSSR count). The first kappa shape index (κ1) is 21.1. The third-order valence-electron chi connectivity index (χ3n) is 5.78. The zero-order valence-corrected chi connectivity index (χ0v) is 17.7. The summed E-state index contributed by atoms with van der Waals surface area (Å²) < 4.78 is 12.7. The fourth-order valence-electron chi connectivity index (χ4n) is 4.27. The van der Waals surface area contributed by atoms with Gasteiger partial charge in [0.1, 0.15) is 5.75 Å². The van der Waals surface area contributed by atoms with E-state index in [-0.39, 0.29) is 22.5 Å². The van der Waals surface area contributed by atoms with Crippen LogP contribution in [0.2, 0.25) is 0 Å². The van der Waals surface area contributed by atoms with E-state index in [0.717, 1.165) is 25.0 Å². The number of rotatable bonds is 6. The third kappa shape index (κ3) is 4.88. The number of ether oxygens (including phenoxy) is 2. The molecule has 2 aromatic rings. The van der Waals surface area contributed by atoms with Crippen LogP contribution in [0.5, 0.6) is 5.75 Å². The molecule has 0 unspecified atom stereocenters. The quantitative estimate of drug-likeness (QED) is 0.812. The number of nitrogens with one attached hydrogen (secondary N) is 1. The molecule has 1 amide bonds. The lowest BCUT2D eigenvalue weighted by Crippen LogP contribution is -2.45. The number of hydrogen-bond donors (Lipinski definition) is 1. The Balaban J connectivity index is 1.75. The minimum absolute atomic E-state index is 0.0785. The van der Waals surface area contributed by atoms with Crippen molar-refractivity contribution in [2.45, 2.75) is 44.1 Å². The normalized spacial score (nSPS) is 20.8. The first-order chi connectivity index (χ1) is 13.7. The van der Waals surface area contributed by atoms with Crippen LogP contribution in [0.15, 0.2) is 47.4 Å². The zero-order valence-electron chi connectivity index (χ0n) is 17.7. The number of amides is 1. The van der Waals surface area contributed by atoms with E-state index in [0.29, 0.717) is 18.7 Å². The van der Waals surface area contributed by atoms with Gasteiger partial charge in [0.25, 0.3) is 5.91 Å². The molecule has 2 heterocycles. The Bertz CT molecular complexity index is 917. The number of benzene rings is 1. The number of carbonyl (C=O) groups is 1. The Morgan fingerprint density at radius 3 is 2.55 bits per heavy atom. The van der Waals surface area contributed by atoms with Crippen LogP contribution in [-0.4, -0.2) is 36.3 Å². The van der Waals surface area contributed by atoms with Gasteiger partial charge in [-0.15, -0.1) is 0 Å². The summed E-state index contributed by atoms with van der Waals surface area (Å²) in [6.07, 6.45) is 4.15. The molecule has 0 radical (unpaired) electrons. The molecule has 0 spiro atoms. The molecular weight excluding hydrogens is 368 g/mol. The highest BCUT2D eigenvalue weighted by Crippen LogP contribution is 2.44. The maximum atomic E-state index is 12.5. The summed E-state index contributed by atoms with van der Waals surface area (Å²) >= 11 is 0. The Hall–Kier alpha value is -2.60. The van der Waals surface area contributed by atoms with Crippen molar-refractivity contribution in [3.05, 3.63) is 64.1 Å². The molecular formula is C23H30N2O4. The monoisotopic (exact) mass is 398 g/mol. The van der Waals surface area contributed by atoms with Crippen molar-refractivity contribution in [1.29, 1.82) is 0 Å². The highest BCUT2D eigenvalue weighted by atomic mass is 16.5. The number of methoxy groups -OCH3 is 1. The minimum Gasteiger partial charge on any atom is -0.497 e. The van der Waals surface area contributed by atoms with Crippen molar-refractivity contribution in [1.82, 2.24) is 9.88 Å². The van der Waals surface area contributed by atoms with Gasteiger partial charge in [-0.25, -0.2) is 0 Å². The van der Waals surface area contributed by atoms with Gasteiger partial charge in [-0.3, -0.25) is 9.59 Å². The molecule has 29 heavy (non-hydrogen) atoms. The number of carbonyl (C=O) groups excluding carboxylic acids is 1. The van der Waals surface area contributed by atoms with E-state index < -0.39 is 0 Å². The van der Waals surface area contributed by atoms with E-state index in [1.165, 1.54) is 16.2 Å². The molecule has 0 aliphatic carbocycles. The maximum Gasteiger partial charge on any atom is 0.252 e. The van der Waals surface area contributed by atoms with E-state index in [9.17, 15) is 9.59 Å². The van der Waals surface area contributed by atoms with Crippen LogP contribution in [0.3, 0.4) is 0 Å². The van der Waals surface area contributed by atoms with Crippen molar-refractivity contribution in [3.63, 3.8) is 0 Å². The summed E-state index contributed by atoms with van der Waals surface area (Å²) in [5.74, 6) is 0.662. The number of pyridine rings is 1. The first-order valence-corrected chi connectivity index (χ1v) is 9.98. The third-order valence-corrected chi connectivity index (χ3v) is 5.78. The van der Waals surface area contributed by atoms with Crippen molar-refractivity contribution in [2.24, 2.45) is 7.05 Å². The lowest BCUT2D eigenvalue weighted by Gasteiger charge is -2.45. The molecule has 1 aromatic carbocycles. The van der Waals surface area contributed by atoms with E-state index in [4.69, 9.17) is 9.47 Å². The minimum atomic E-state index is -0.222. The molecule has 0 saturated carbocycles. The van der Waals surface area contributed by atoms with Gasteiger partial charge in [0, 0.05) is 37.9 Å². The Morgan fingerprint density at radius 2 is 1.93 bits per heavy atom. The van der Waals surface area contributed by atoms with Crippen molar-refractivity contribution >= 4 is 5.91 Å². The molecule has 1 aliphatic heterocycles. The molecule has 1 aliphatic rings. The molecule has 1 atom stereocenters. The van der Waals surface area contributed by atoms with Crippen LogP contribution in [0, 0.1) is 0 Å². The van der Waals surface area contributed by atoms with Gasteiger partial charge in [0.05, 0.1) is 18.3 Å². The molecule has 0 bridgehead atoms. The van der Waals surface area contributed by atoms with Gasteiger partial charge >= 0.3 is 0 Å². The van der Waals surface area contributed by atoms with E-state index >= 15 is 0 Å². The number of aromatic nitrogens is 1. The second-order valence-corrected chi connectivity index (χ2v) is 8.42. The van der Waals surface area contributed by atoms with E-state index in [1.807, 2.05) is 12.1 Å². The maximum absolute atomic E-state index is 12.5. The van der Waals surface area contributed by atoms with E-state index in [1.54, 1.807) is 26.4 Å². The molecule has 1 aromatic heterocycles. The molecule has 1 fully saturated rings. The summed E-state index contributed by atoms with van der Waals surface area (Å²) in [7, 11) is 3.30. The highest BCUT2D eigenvalue weighted by molar-refractivity contribution is 5.93. The molecule has 1 N–H and O–H groups in total. The molecule has 6 heteroatoms. The van der Waals surface area contributed by atoms with Gasteiger partial charge in [0.15, 0.2) is 0 Å². The van der Waals surface area contributed by atoms with Gasteiger partial charge in [-0.1, -0.05) is 12.1 Å². The molecule has 156 valence electrons. The number of hydrogen-bond acceptors (Lipinski definition) is 4. The van der Waals surface area contributed by atoms with Gasteiger partial charge in [-0.2, -0.15) is 0 Å². The summed E-state index contributed by atoms with van der Waals surface area (Å²) in [6, 6.07) is 11.2. The van der Waals surface area contributed by atoms with Crippen LogP contribution in [0.25, 0.3) is 0 Å². The van der Waals surface area contributed by atoms with Crippen LogP contribution in [0.4, 0.5) is 0 Å². The van der Waals surface area contributed by atoms with Gasteiger partial charge in [0.2, 0.25) is 5.56 Å². The lowest BCUT2D eigenvalue weighted by atomic mass is 9.67. The van der Waals surface area contributed by atoms with Crippen molar-refractivity contribution < 1.29 is 14.3 Å². The lowest BCUT2D eigenvalue weighted by molar-refractivity contribution is -0.0838. The van der Waals surface area contributed by atoms with E-state index in [2.05, 4.69) is 31.3 Å². The van der Waals surface area contributed by atoms with Gasteiger partial charge in [-0.05, 0) is 56.9 Å². The second-order valence-electron chi connectivity index (χ2n) is 8.42. The number of nitrogens with zero attached hydrogens (tertiary/aromatic N) is 1. The first-order valence-electron chi connectivity index (χ1n) is 9.98. The fourth-order valence-corrected chi connectivity index (χ4v) is 4.27. The fraction of sp³-hybridized carbons (Fsp3) is 0.478. The van der Waals surface area contributed by atoms with Crippen LogP contribution < -0.4 is 15.6 Å². The largest absolute Gasteiger partial charge is 0.497 e. The SMILES string of the molecule is COc1ccc([C@]2(CCNC(=O)c3ccc(=O)n(C)c3)CCOC(C)(C)C2)cc1. The second kappa shape index (κ2) is 8.41. The summed E-state index contributed by atoms with van der Waals surface area (Å²) in [5, 5.41) is 3.02. The predicted molar refractivity (Wildman–Crippen MR) is 113 cm³/mol. The van der Waals surface area contributed by atoms with Crippen LogP contribution in [0.1, 0.15) is 49.0 Å². The average Bonchev–Trinajstić information content (AvgIpc) is 2.69.